The molecule has 2 saturated carbocycles. The summed E-state index contributed by atoms with van der Waals surface area (Å²) in [5, 5.41) is 4.90. The molecule has 2 aromatic carbocycles. The number of nitrogens with one attached hydrogen (secondary N) is 1. The number of aromatic nitrogens is 1. The molecule has 2 unspecified atom stereocenters. The third-order valence-corrected chi connectivity index (χ3v) is 12.5. The minimum Gasteiger partial charge on any atom is -0.370 e. The van der Waals surface area contributed by atoms with Crippen molar-refractivity contribution in [2.24, 2.45) is 13.0 Å². The molecule has 0 bridgehead atoms. The summed E-state index contributed by atoms with van der Waals surface area (Å²) in [6, 6.07) is 13.4. The molecular formula is C41H55ClFN5. The average Bonchev–Trinajstić information content (AvgIpc) is 3.87. The van der Waals surface area contributed by atoms with Crippen LogP contribution in [-0.2, 0) is 13.5 Å². The van der Waals surface area contributed by atoms with Crippen molar-refractivity contribution in [2.45, 2.75) is 102 Å². The smallest absolute Gasteiger partial charge is 0.128 e. The predicted molar refractivity (Wildman–Crippen MR) is 200 cm³/mol. The number of benzene rings is 2. The second-order valence-corrected chi connectivity index (χ2v) is 15.6. The number of halogens is 2. The zero-order chi connectivity index (χ0) is 33.2. The lowest BCUT2D eigenvalue weighted by molar-refractivity contribution is 0.0730. The molecule has 2 atom stereocenters. The van der Waals surface area contributed by atoms with Gasteiger partial charge in [-0.3, -0.25) is 9.80 Å². The third kappa shape index (κ3) is 7.37. The maximum atomic E-state index is 15.8. The summed E-state index contributed by atoms with van der Waals surface area (Å²) >= 11 is 6.82. The number of hydrogen-bond acceptors (Lipinski definition) is 4. The average molecular weight is 672 g/mol. The Bertz CT molecular complexity index is 1590. The second kappa shape index (κ2) is 15.0. The molecule has 2 saturated heterocycles. The van der Waals surface area contributed by atoms with E-state index in [0.717, 1.165) is 40.7 Å². The first-order valence-corrected chi connectivity index (χ1v) is 19.1. The highest BCUT2D eigenvalue weighted by atomic mass is 35.5. The van der Waals surface area contributed by atoms with Crippen molar-refractivity contribution in [1.82, 2.24) is 19.3 Å². The Labute approximate surface area is 292 Å². The van der Waals surface area contributed by atoms with Crippen LogP contribution in [0.15, 0.2) is 61.4 Å². The van der Waals surface area contributed by atoms with Crippen LogP contribution in [-0.4, -0.2) is 70.1 Å². The van der Waals surface area contributed by atoms with Crippen LogP contribution < -0.4 is 5.32 Å². The molecule has 3 aromatic rings. The number of anilines is 1. The second-order valence-electron chi connectivity index (χ2n) is 15.2. The van der Waals surface area contributed by atoms with Crippen molar-refractivity contribution in [3.05, 3.63) is 83.4 Å². The molecule has 4 fully saturated rings. The number of likely N-dealkylation sites (tertiary alicyclic amines) is 1. The minimum atomic E-state index is -0.258. The van der Waals surface area contributed by atoms with Gasteiger partial charge in [0, 0.05) is 98.4 Å². The maximum Gasteiger partial charge on any atom is 0.128 e. The molecular weight excluding hydrogens is 617 g/mol. The molecule has 0 amide bonds. The number of fused-ring (bicyclic) bond motifs is 1. The van der Waals surface area contributed by atoms with Crippen LogP contribution in [0.5, 0.6) is 0 Å². The van der Waals surface area contributed by atoms with Gasteiger partial charge in [-0.25, -0.2) is 4.39 Å². The first kappa shape index (κ1) is 33.7. The van der Waals surface area contributed by atoms with Crippen LogP contribution in [0.25, 0.3) is 16.6 Å². The van der Waals surface area contributed by atoms with Crippen molar-refractivity contribution < 1.29 is 4.39 Å². The van der Waals surface area contributed by atoms with E-state index >= 15 is 4.39 Å². The normalized spacial score (nSPS) is 23.4. The van der Waals surface area contributed by atoms with E-state index in [1.807, 2.05) is 25.4 Å². The Kier molecular flexibility index (Phi) is 10.5. The molecule has 5 nitrogen and oxygen atoms in total. The fourth-order valence-corrected chi connectivity index (χ4v) is 9.64. The largest absolute Gasteiger partial charge is 0.370 e. The van der Waals surface area contributed by atoms with Gasteiger partial charge in [0.25, 0.3) is 0 Å². The number of nitrogens with zero attached hydrogens (tertiary/aromatic N) is 4. The van der Waals surface area contributed by atoms with Gasteiger partial charge in [-0.15, -0.1) is 0 Å². The maximum absolute atomic E-state index is 15.8. The van der Waals surface area contributed by atoms with Crippen LogP contribution in [0.1, 0.15) is 88.2 Å². The van der Waals surface area contributed by atoms with Crippen molar-refractivity contribution >= 4 is 33.9 Å². The zero-order valence-electron chi connectivity index (χ0n) is 29.0. The SMILES string of the molecule is C=C(Nc1cc(F)c(CC(=C)N2CC(N3CCN(C4CCCC4)CC3)CC2CCC2CCCCC2)cc1Cl)c1cn(C)c2ccccc12. The lowest BCUT2D eigenvalue weighted by atomic mass is 9.85. The Morgan fingerprint density at radius 1 is 0.896 bits per heavy atom. The van der Waals surface area contributed by atoms with Gasteiger partial charge in [-0.1, -0.05) is 87.9 Å². The van der Waals surface area contributed by atoms with Crippen LogP contribution in [0.2, 0.25) is 5.02 Å². The molecule has 7 rings (SSSR count). The molecule has 4 aliphatic rings. The molecule has 1 aromatic heterocycles. The van der Waals surface area contributed by atoms with Gasteiger partial charge in [-0.05, 0) is 61.8 Å². The van der Waals surface area contributed by atoms with Gasteiger partial charge in [0.2, 0.25) is 0 Å². The quantitative estimate of drug-likeness (QED) is 0.220. The summed E-state index contributed by atoms with van der Waals surface area (Å²) in [6.07, 6.45) is 18.8. The van der Waals surface area contributed by atoms with Crippen molar-refractivity contribution in [2.75, 3.05) is 38.0 Å². The van der Waals surface area contributed by atoms with E-state index in [9.17, 15) is 0 Å². The molecule has 0 spiro atoms. The fraction of sp³-hybridized carbons (Fsp3) is 0.561. The van der Waals surface area contributed by atoms with Gasteiger partial charge in [-0.2, -0.15) is 0 Å². The van der Waals surface area contributed by atoms with E-state index in [4.69, 9.17) is 11.6 Å². The number of hydrogen-bond donors (Lipinski definition) is 1. The number of para-hydroxylation sites is 1. The Morgan fingerprint density at radius 3 is 2.33 bits per heavy atom. The highest BCUT2D eigenvalue weighted by molar-refractivity contribution is 6.33. The molecule has 0 radical (unpaired) electrons. The van der Waals surface area contributed by atoms with Crippen LogP contribution >= 0.6 is 11.6 Å². The van der Waals surface area contributed by atoms with Gasteiger partial charge in [0.1, 0.15) is 5.82 Å². The lowest BCUT2D eigenvalue weighted by Gasteiger charge is -2.40. The predicted octanol–water partition coefficient (Wildman–Crippen LogP) is 9.47. The molecule has 3 heterocycles. The van der Waals surface area contributed by atoms with Crippen molar-refractivity contribution in [3.63, 3.8) is 0 Å². The highest BCUT2D eigenvalue weighted by Crippen LogP contribution is 2.36. The number of rotatable bonds is 11. The summed E-state index contributed by atoms with van der Waals surface area (Å²) in [7, 11) is 2.02. The first-order valence-electron chi connectivity index (χ1n) is 18.7. The van der Waals surface area contributed by atoms with E-state index in [1.54, 1.807) is 6.07 Å². The summed E-state index contributed by atoms with van der Waals surface area (Å²) in [6.45, 7) is 14.6. The van der Waals surface area contributed by atoms with Crippen LogP contribution in [0, 0.1) is 11.7 Å². The molecule has 2 aliphatic carbocycles. The van der Waals surface area contributed by atoms with E-state index in [2.05, 4.69) is 49.9 Å². The fourth-order valence-electron chi connectivity index (χ4n) is 9.41. The summed E-state index contributed by atoms with van der Waals surface area (Å²) in [4.78, 5) is 8.07. The Balaban J connectivity index is 1.02. The number of allylic oxidation sites excluding steroid dienone is 1. The monoisotopic (exact) mass is 671 g/mol. The van der Waals surface area contributed by atoms with E-state index < -0.39 is 0 Å². The number of aryl methyl sites for hydroxylation is 1. The molecule has 48 heavy (non-hydrogen) atoms. The molecule has 1 N–H and O–H groups in total. The standard InChI is InChI=1S/C41H55ClFN5/c1-29(23-32-24-38(42)40(26-39(32)43)44-30(2)37-28-45(3)41-16-10-9-15-36(37)41)48-27-35(25-34(48)18-17-31-11-5-4-6-12-31)47-21-19-46(20-22-47)33-13-7-8-14-33/h9-10,15-16,24,26,28,31,33-35,44H,1-2,4-8,11-14,17-23,25,27H2,3H3. The highest BCUT2D eigenvalue weighted by Gasteiger charge is 2.38. The summed E-state index contributed by atoms with van der Waals surface area (Å²) < 4.78 is 17.9. The van der Waals surface area contributed by atoms with Crippen LogP contribution in [0.4, 0.5) is 10.1 Å². The summed E-state index contributed by atoms with van der Waals surface area (Å²) in [5.74, 6) is 0.606. The van der Waals surface area contributed by atoms with Crippen LogP contribution in [0.3, 0.4) is 0 Å². The van der Waals surface area contributed by atoms with Crippen molar-refractivity contribution in [1.29, 1.82) is 0 Å². The van der Waals surface area contributed by atoms with E-state index in [1.165, 1.54) is 109 Å². The third-order valence-electron chi connectivity index (χ3n) is 12.2. The zero-order valence-corrected chi connectivity index (χ0v) is 29.8. The van der Waals surface area contributed by atoms with Gasteiger partial charge in [0.05, 0.1) is 10.7 Å². The summed E-state index contributed by atoms with van der Waals surface area (Å²) in [5.41, 5.74) is 4.94. The van der Waals surface area contributed by atoms with Gasteiger partial charge < -0.3 is 14.8 Å². The molecule has 2 aliphatic heterocycles. The first-order chi connectivity index (χ1) is 23.3. The Hall–Kier alpha value is -2.80. The topological polar surface area (TPSA) is 26.7 Å². The molecule has 7 heteroatoms. The van der Waals surface area contributed by atoms with E-state index in [-0.39, 0.29) is 5.82 Å². The van der Waals surface area contributed by atoms with Gasteiger partial charge in [0.15, 0.2) is 0 Å². The molecule has 258 valence electrons. The Morgan fingerprint density at radius 2 is 1.58 bits per heavy atom. The van der Waals surface area contributed by atoms with Gasteiger partial charge >= 0.3 is 0 Å². The number of piperazine rings is 1. The van der Waals surface area contributed by atoms with E-state index in [0.29, 0.717) is 40.5 Å². The lowest BCUT2D eigenvalue weighted by Crippen LogP contribution is -2.53. The van der Waals surface area contributed by atoms with Crippen molar-refractivity contribution in [3.8, 4) is 0 Å². The minimum absolute atomic E-state index is 0.258.